The maximum Gasteiger partial charge on any atom is 0.0621 e. The van der Waals surface area contributed by atoms with Gasteiger partial charge in [-0.15, -0.1) is 0 Å². The quantitative estimate of drug-likeness (QED) is 0.632. The molecule has 0 aromatic rings. The number of nitrogens with zero attached hydrogens (tertiary/aromatic N) is 1. The van der Waals surface area contributed by atoms with Gasteiger partial charge in [-0.2, -0.15) is 0 Å². The van der Waals surface area contributed by atoms with E-state index in [-0.39, 0.29) is 6.61 Å². The molecule has 1 rings (SSSR count). The van der Waals surface area contributed by atoms with E-state index < -0.39 is 5.54 Å². The monoisotopic (exact) mass is 186 g/mol. The van der Waals surface area contributed by atoms with E-state index in [4.69, 9.17) is 10.8 Å². The Morgan fingerprint density at radius 2 is 2.15 bits per heavy atom. The fraction of sp³-hybridized carbons (Fsp3) is 1.00. The van der Waals surface area contributed by atoms with Gasteiger partial charge >= 0.3 is 0 Å². The van der Waals surface area contributed by atoms with E-state index in [2.05, 4.69) is 11.8 Å². The Bertz CT molecular complexity index is 155. The third-order valence-corrected chi connectivity index (χ3v) is 2.61. The van der Waals surface area contributed by atoms with E-state index in [1.165, 1.54) is 12.8 Å². The molecule has 1 atom stereocenters. The fourth-order valence-corrected chi connectivity index (χ4v) is 1.53. The highest BCUT2D eigenvalue weighted by atomic mass is 16.3. The number of hydrogen-bond donors (Lipinski definition) is 2. The molecule has 3 heteroatoms. The van der Waals surface area contributed by atoms with Gasteiger partial charge in [-0.3, -0.25) is 0 Å². The van der Waals surface area contributed by atoms with E-state index in [9.17, 15) is 0 Å². The third-order valence-electron chi connectivity index (χ3n) is 2.61. The molecular weight excluding hydrogens is 164 g/mol. The Kier molecular flexibility index (Phi) is 3.71. The largest absolute Gasteiger partial charge is 0.394 e. The second-order valence-electron chi connectivity index (χ2n) is 4.58. The molecule has 0 heterocycles. The molecule has 0 radical (unpaired) electrons. The molecule has 0 aromatic carbocycles. The SMILES string of the molecule is CCN(CC1CC1)CC(C)(N)CO. The summed E-state index contributed by atoms with van der Waals surface area (Å²) < 4.78 is 0. The zero-order valence-electron chi connectivity index (χ0n) is 8.79. The topological polar surface area (TPSA) is 49.5 Å². The number of rotatable bonds is 6. The lowest BCUT2D eigenvalue weighted by Crippen LogP contribution is -2.51. The number of aliphatic hydroxyl groups excluding tert-OH is 1. The highest BCUT2D eigenvalue weighted by Crippen LogP contribution is 2.29. The molecule has 0 amide bonds. The Hall–Kier alpha value is -0.120. The smallest absolute Gasteiger partial charge is 0.0621 e. The van der Waals surface area contributed by atoms with Crippen LogP contribution in [0.4, 0.5) is 0 Å². The first kappa shape index (κ1) is 11.0. The zero-order valence-corrected chi connectivity index (χ0v) is 8.79. The molecule has 1 fully saturated rings. The lowest BCUT2D eigenvalue weighted by atomic mass is 10.0. The van der Waals surface area contributed by atoms with Gasteiger partial charge < -0.3 is 15.7 Å². The van der Waals surface area contributed by atoms with Crippen molar-refractivity contribution in [3.05, 3.63) is 0 Å². The van der Waals surface area contributed by atoms with Gasteiger partial charge in [0.05, 0.1) is 6.61 Å². The summed E-state index contributed by atoms with van der Waals surface area (Å²) in [7, 11) is 0. The summed E-state index contributed by atoms with van der Waals surface area (Å²) >= 11 is 0. The molecule has 13 heavy (non-hydrogen) atoms. The maximum atomic E-state index is 9.04. The summed E-state index contributed by atoms with van der Waals surface area (Å²) in [5.74, 6) is 0.898. The highest BCUT2D eigenvalue weighted by molar-refractivity contribution is 4.84. The van der Waals surface area contributed by atoms with Crippen LogP contribution in [-0.2, 0) is 0 Å². The highest BCUT2D eigenvalue weighted by Gasteiger charge is 2.27. The van der Waals surface area contributed by atoms with Gasteiger partial charge in [-0.1, -0.05) is 6.92 Å². The van der Waals surface area contributed by atoms with E-state index in [0.29, 0.717) is 0 Å². The summed E-state index contributed by atoms with van der Waals surface area (Å²) in [6.07, 6.45) is 2.74. The zero-order chi connectivity index (χ0) is 9.90. The minimum Gasteiger partial charge on any atom is -0.394 e. The minimum absolute atomic E-state index is 0.0637. The van der Waals surface area contributed by atoms with Crippen molar-refractivity contribution in [1.29, 1.82) is 0 Å². The average molecular weight is 186 g/mol. The average Bonchev–Trinajstić information content (AvgIpc) is 2.87. The summed E-state index contributed by atoms with van der Waals surface area (Å²) in [4.78, 5) is 2.34. The van der Waals surface area contributed by atoms with Gasteiger partial charge in [-0.05, 0) is 32.2 Å². The molecule has 1 aliphatic carbocycles. The fourth-order valence-electron chi connectivity index (χ4n) is 1.53. The molecule has 78 valence electrons. The second-order valence-corrected chi connectivity index (χ2v) is 4.58. The molecule has 3 N–H and O–H groups in total. The van der Waals surface area contributed by atoms with Crippen LogP contribution in [0.25, 0.3) is 0 Å². The molecule has 0 bridgehead atoms. The van der Waals surface area contributed by atoms with Gasteiger partial charge in [0.1, 0.15) is 0 Å². The summed E-state index contributed by atoms with van der Waals surface area (Å²) in [5, 5.41) is 9.04. The molecule has 0 aromatic heterocycles. The lowest BCUT2D eigenvalue weighted by molar-refractivity contribution is 0.148. The van der Waals surface area contributed by atoms with Gasteiger partial charge in [-0.25, -0.2) is 0 Å². The van der Waals surface area contributed by atoms with Crippen molar-refractivity contribution in [3.63, 3.8) is 0 Å². The van der Waals surface area contributed by atoms with Crippen molar-refractivity contribution in [1.82, 2.24) is 4.90 Å². The van der Waals surface area contributed by atoms with Crippen LogP contribution in [-0.4, -0.2) is 41.8 Å². The van der Waals surface area contributed by atoms with Gasteiger partial charge in [0.15, 0.2) is 0 Å². The van der Waals surface area contributed by atoms with E-state index in [0.717, 1.165) is 25.6 Å². The third kappa shape index (κ3) is 4.07. The molecule has 0 aliphatic heterocycles. The Morgan fingerprint density at radius 3 is 2.54 bits per heavy atom. The van der Waals surface area contributed by atoms with E-state index in [1.807, 2.05) is 6.92 Å². The van der Waals surface area contributed by atoms with Crippen LogP contribution in [0.5, 0.6) is 0 Å². The van der Waals surface area contributed by atoms with Crippen molar-refractivity contribution >= 4 is 0 Å². The van der Waals surface area contributed by atoms with Crippen LogP contribution in [0.2, 0.25) is 0 Å². The first-order chi connectivity index (χ1) is 6.07. The minimum atomic E-state index is -0.440. The maximum absolute atomic E-state index is 9.04. The number of likely N-dealkylation sites (N-methyl/N-ethyl adjacent to an activating group) is 1. The number of nitrogens with two attached hydrogens (primary N) is 1. The van der Waals surface area contributed by atoms with Crippen LogP contribution in [0, 0.1) is 5.92 Å². The van der Waals surface area contributed by atoms with E-state index in [1.54, 1.807) is 0 Å². The van der Waals surface area contributed by atoms with Crippen LogP contribution < -0.4 is 5.73 Å². The van der Waals surface area contributed by atoms with Crippen LogP contribution in [0.15, 0.2) is 0 Å². The summed E-state index contributed by atoms with van der Waals surface area (Å²) in [5.41, 5.74) is 5.46. The first-order valence-electron chi connectivity index (χ1n) is 5.19. The number of hydrogen-bond acceptors (Lipinski definition) is 3. The summed E-state index contributed by atoms with van der Waals surface area (Å²) in [6.45, 7) is 7.11. The molecule has 0 spiro atoms. The predicted octanol–water partition coefficient (Wildman–Crippen LogP) is 0.428. The molecule has 1 unspecified atom stereocenters. The van der Waals surface area contributed by atoms with Crippen molar-refractivity contribution in [2.24, 2.45) is 11.7 Å². The van der Waals surface area contributed by atoms with Crippen LogP contribution >= 0.6 is 0 Å². The predicted molar refractivity (Wildman–Crippen MR) is 54.5 cm³/mol. The normalized spacial score (nSPS) is 21.9. The number of aliphatic hydroxyl groups is 1. The van der Waals surface area contributed by atoms with Crippen LogP contribution in [0.3, 0.4) is 0 Å². The Balaban J connectivity index is 2.28. The molecular formula is C10H22N2O. The Morgan fingerprint density at radius 1 is 1.54 bits per heavy atom. The van der Waals surface area contributed by atoms with Gasteiger partial charge in [0.25, 0.3) is 0 Å². The van der Waals surface area contributed by atoms with Crippen molar-refractivity contribution in [2.45, 2.75) is 32.2 Å². The van der Waals surface area contributed by atoms with Crippen LogP contribution in [0.1, 0.15) is 26.7 Å². The molecule has 3 nitrogen and oxygen atoms in total. The second kappa shape index (κ2) is 4.40. The van der Waals surface area contributed by atoms with E-state index >= 15 is 0 Å². The van der Waals surface area contributed by atoms with Crippen molar-refractivity contribution in [3.8, 4) is 0 Å². The lowest BCUT2D eigenvalue weighted by Gasteiger charge is -2.30. The molecule has 1 saturated carbocycles. The summed E-state index contributed by atoms with van der Waals surface area (Å²) in [6, 6.07) is 0. The van der Waals surface area contributed by atoms with Gasteiger partial charge in [0, 0.05) is 18.6 Å². The Labute approximate surface area is 80.9 Å². The standard InChI is InChI=1S/C10H22N2O/c1-3-12(6-9-4-5-9)7-10(2,11)8-13/h9,13H,3-8,11H2,1-2H3. The van der Waals surface area contributed by atoms with Gasteiger partial charge in [0.2, 0.25) is 0 Å². The first-order valence-corrected chi connectivity index (χ1v) is 5.19. The molecule has 1 aliphatic rings. The van der Waals surface area contributed by atoms with Crippen molar-refractivity contribution in [2.75, 3.05) is 26.2 Å². The van der Waals surface area contributed by atoms with Crippen molar-refractivity contribution < 1.29 is 5.11 Å². The molecule has 0 saturated heterocycles.